The predicted octanol–water partition coefficient (Wildman–Crippen LogP) is 4.44. The molecule has 0 aliphatic carbocycles. The summed E-state index contributed by atoms with van der Waals surface area (Å²) in [7, 11) is 0. The second kappa shape index (κ2) is 8.91. The number of likely N-dealkylation sites (tertiary alicyclic amines) is 1. The van der Waals surface area contributed by atoms with Crippen molar-refractivity contribution in [2.24, 2.45) is 0 Å². The number of carbonyl (C=O) groups is 1. The maximum Gasteiger partial charge on any atom is 0.417 e. The van der Waals surface area contributed by atoms with Crippen molar-refractivity contribution in [2.75, 3.05) is 44.2 Å². The highest BCUT2D eigenvalue weighted by Crippen LogP contribution is 2.33. The first-order valence-electron chi connectivity index (χ1n) is 10.8. The van der Waals surface area contributed by atoms with Gasteiger partial charge in [0.1, 0.15) is 0 Å². The molecule has 2 aromatic rings. The number of piperazine rings is 1. The van der Waals surface area contributed by atoms with Gasteiger partial charge in [-0.3, -0.25) is 9.69 Å². The molecule has 2 aliphatic rings. The van der Waals surface area contributed by atoms with Crippen LogP contribution in [0.2, 0.25) is 0 Å². The zero-order valence-electron chi connectivity index (χ0n) is 17.7. The van der Waals surface area contributed by atoms with E-state index in [9.17, 15) is 18.0 Å². The smallest absolute Gasteiger partial charge is 0.369 e. The number of benzene rings is 2. The van der Waals surface area contributed by atoms with Crippen molar-refractivity contribution in [3.8, 4) is 0 Å². The fourth-order valence-electron chi connectivity index (χ4n) is 4.77. The third-order valence-corrected chi connectivity index (χ3v) is 6.43. The molecule has 2 saturated heterocycles. The molecule has 0 bridgehead atoms. The molecule has 7 heteroatoms. The van der Waals surface area contributed by atoms with Gasteiger partial charge in [0.05, 0.1) is 11.1 Å². The molecule has 0 aromatic heterocycles. The lowest BCUT2D eigenvalue weighted by atomic mass is 10.00. The summed E-state index contributed by atoms with van der Waals surface area (Å²) in [4.78, 5) is 19.4. The number of halogens is 3. The summed E-state index contributed by atoms with van der Waals surface area (Å²) in [6, 6.07) is 13.6. The number of para-hydroxylation sites is 1. The minimum Gasteiger partial charge on any atom is -0.369 e. The van der Waals surface area contributed by atoms with Crippen molar-refractivity contribution >= 4 is 11.6 Å². The summed E-state index contributed by atoms with van der Waals surface area (Å²) in [5, 5.41) is 0. The molecule has 2 aliphatic heterocycles. The lowest BCUT2D eigenvalue weighted by molar-refractivity contribution is -0.138. The molecular formula is C24H28F3N3O. The van der Waals surface area contributed by atoms with Crippen molar-refractivity contribution in [3.63, 3.8) is 0 Å². The van der Waals surface area contributed by atoms with Crippen LogP contribution in [0, 0.1) is 6.92 Å². The van der Waals surface area contributed by atoms with E-state index in [2.05, 4.69) is 34.9 Å². The molecule has 0 radical (unpaired) electrons. The minimum absolute atomic E-state index is 0.190. The molecule has 0 N–H and O–H groups in total. The first kappa shape index (κ1) is 21.7. The number of nitrogens with zero attached hydrogens (tertiary/aromatic N) is 3. The van der Waals surface area contributed by atoms with E-state index in [1.165, 1.54) is 29.4 Å². The van der Waals surface area contributed by atoms with Crippen molar-refractivity contribution in [2.45, 2.75) is 32.0 Å². The van der Waals surface area contributed by atoms with E-state index in [1.54, 1.807) is 4.90 Å². The first-order valence-corrected chi connectivity index (χ1v) is 10.8. The highest BCUT2D eigenvalue weighted by Gasteiger charge is 2.37. The second-order valence-electron chi connectivity index (χ2n) is 8.40. The predicted molar refractivity (Wildman–Crippen MR) is 115 cm³/mol. The summed E-state index contributed by atoms with van der Waals surface area (Å²) in [5.41, 5.74) is 1.41. The number of piperidine rings is 1. The van der Waals surface area contributed by atoms with Crippen LogP contribution in [0.5, 0.6) is 0 Å². The van der Waals surface area contributed by atoms with Gasteiger partial charge < -0.3 is 9.80 Å². The third-order valence-electron chi connectivity index (χ3n) is 6.43. The van der Waals surface area contributed by atoms with Crippen LogP contribution in [0.4, 0.5) is 18.9 Å². The lowest BCUT2D eigenvalue weighted by Gasteiger charge is -2.44. The summed E-state index contributed by atoms with van der Waals surface area (Å²) < 4.78 is 40.1. The van der Waals surface area contributed by atoms with E-state index in [4.69, 9.17) is 0 Å². The number of rotatable bonds is 3. The van der Waals surface area contributed by atoms with Crippen LogP contribution < -0.4 is 4.90 Å². The standard InChI is InChI=1S/C24H28F3N3O/c1-18-7-2-5-11-22(18)29-15-13-28(14-16-29)19-8-6-12-30(17-19)23(31)20-9-3-4-10-21(20)24(25,26)27/h2-5,7,9-11,19H,6,8,12-17H2,1H3/t19-/m0/s1. The highest BCUT2D eigenvalue weighted by molar-refractivity contribution is 5.96. The van der Waals surface area contributed by atoms with Crippen molar-refractivity contribution in [3.05, 3.63) is 65.2 Å². The van der Waals surface area contributed by atoms with E-state index in [0.717, 1.165) is 45.1 Å². The van der Waals surface area contributed by atoms with Gasteiger partial charge in [-0.25, -0.2) is 0 Å². The quantitative estimate of drug-likeness (QED) is 0.719. The molecule has 1 amide bonds. The zero-order chi connectivity index (χ0) is 22.0. The van der Waals surface area contributed by atoms with Gasteiger partial charge in [0.15, 0.2) is 0 Å². The second-order valence-corrected chi connectivity index (χ2v) is 8.40. The number of anilines is 1. The topological polar surface area (TPSA) is 26.8 Å². The molecule has 0 unspecified atom stereocenters. The van der Waals surface area contributed by atoms with Gasteiger partial charge in [-0.1, -0.05) is 30.3 Å². The van der Waals surface area contributed by atoms with E-state index >= 15 is 0 Å². The van der Waals surface area contributed by atoms with Crippen molar-refractivity contribution in [1.29, 1.82) is 0 Å². The lowest BCUT2D eigenvalue weighted by Crippen LogP contribution is -2.56. The SMILES string of the molecule is Cc1ccccc1N1CCN([C@H]2CCCN(C(=O)c3ccccc3C(F)(F)F)C2)CC1. The Bertz CT molecular complexity index is 922. The Labute approximate surface area is 181 Å². The van der Waals surface area contributed by atoms with Crippen LogP contribution in [0.3, 0.4) is 0 Å². The largest absolute Gasteiger partial charge is 0.417 e. The normalized spacial score (nSPS) is 20.7. The van der Waals surface area contributed by atoms with Gasteiger partial charge in [-0.2, -0.15) is 13.2 Å². The van der Waals surface area contributed by atoms with E-state index in [-0.39, 0.29) is 11.6 Å². The van der Waals surface area contributed by atoms with Gasteiger partial charge in [0, 0.05) is 51.0 Å². The molecule has 0 saturated carbocycles. The Morgan fingerprint density at radius 1 is 0.935 bits per heavy atom. The van der Waals surface area contributed by atoms with Crippen LogP contribution in [0.15, 0.2) is 48.5 Å². The van der Waals surface area contributed by atoms with Gasteiger partial charge in [-0.15, -0.1) is 0 Å². The number of amides is 1. The molecular weight excluding hydrogens is 403 g/mol. The summed E-state index contributed by atoms with van der Waals surface area (Å²) >= 11 is 0. The fraction of sp³-hybridized carbons (Fsp3) is 0.458. The van der Waals surface area contributed by atoms with Crippen molar-refractivity contribution < 1.29 is 18.0 Å². The number of alkyl halides is 3. The van der Waals surface area contributed by atoms with Gasteiger partial charge in [0.25, 0.3) is 5.91 Å². The maximum atomic E-state index is 13.4. The number of aryl methyl sites for hydroxylation is 1. The van der Waals surface area contributed by atoms with Gasteiger partial charge in [0.2, 0.25) is 0 Å². The third kappa shape index (κ3) is 4.71. The van der Waals surface area contributed by atoms with Crippen molar-refractivity contribution in [1.82, 2.24) is 9.80 Å². The maximum absolute atomic E-state index is 13.4. The van der Waals surface area contributed by atoms with E-state index in [0.29, 0.717) is 13.1 Å². The average molecular weight is 432 g/mol. The van der Waals surface area contributed by atoms with Crippen LogP contribution in [-0.4, -0.2) is 61.0 Å². The van der Waals surface area contributed by atoms with Crippen LogP contribution in [0.1, 0.15) is 34.3 Å². The monoisotopic (exact) mass is 431 g/mol. The summed E-state index contributed by atoms with van der Waals surface area (Å²) in [6.07, 6.45) is -2.76. The number of carbonyl (C=O) groups excluding carboxylic acids is 1. The van der Waals surface area contributed by atoms with E-state index < -0.39 is 17.6 Å². The Hall–Kier alpha value is -2.54. The molecule has 1 atom stereocenters. The fourth-order valence-corrected chi connectivity index (χ4v) is 4.77. The Balaban J connectivity index is 1.41. The van der Waals surface area contributed by atoms with Gasteiger partial charge >= 0.3 is 6.18 Å². The Morgan fingerprint density at radius 3 is 2.32 bits per heavy atom. The minimum atomic E-state index is -4.53. The Morgan fingerprint density at radius 2 is 1.61 bits per heavy atom. The molecule has 31 heavy (non-hydrogen) atoms. The summed E-state index contributed by atoms with van der Waals surface area (Å²) in [5.74, 6) is -0.517. The molecule has 0 spiro atoms. The molecule has 4 nitrogen and oxygen atoms in total. The Kier molecular flexibility index (Phi) is 6.23. The average Bonchev–Trinajstić information content (AvgIpc) is 2.78. The highest BCUT2D eigenvalue weighted by atomic mass is 19.4. The number of hydrogen-bond acceptors (Lipinski definition) is 3. The molecule has 2 aromatic carbocycles. The zero-order valence-corrected chi connectivity index (χ0v) is 17.7. The molecule has 166 valence electrons. The number of hydrogen-bond donors (Lipinski definition) is 0. The van der Waals surface area contributed by atoms with Crippen LogP contribution >= 0.6 is 0 Å². The molecule has 2 heterocycles. The first-order chi connectivity index (χ1) is 14.8. The van der Waals surface area contributed by atoms with Crippen LogP contribution in [0.25, 0.3) is 0 Å². The molecule has 4 rings (SSSR count). The van der Waals surface area contributed by atoms with Crippen LogP contribution in [-0.2, 0) is 6.18 Å². The molecule has 2 fully saturated rings. The summed E-state index contributed by atoms with van der Waals surface area (Å²) in [6.45, 7) is 6.70. The van der Waals surface area contributed by atoms with Gasteiger partial charge in [-0.05, 0) is 43.5 Å². The van der Waals surface area contributed by atoms with E-state index in [1.807, 2.05) is 6.07 Å².